The fourth-order valence-corrected chi connectivity index (χ4v) is 5.57. The molecule has 0 aliphatic carbocycles. The fourth-order valence-electron chi connectivity index (χ4n) is 3.67. The molecule has 126 valence electrons. The van der Waals surface area contributed by atoms with Crippen LogP contribution in [0.25, 0.3) is 15.2 Å². The van der Waals surface area contributed by atoms with Crippen molar-refractivity contribution in [1.29, 1.82) is 0 Å². The van der Waals surface area contributed by atoms with Crippen molar-refractivity contribution in [3.05, 3.63) is 63.0 Å². The normalized spacial score (nSPS) is 20.6. The van der Waals surface area contributed by atoms with Gasteiger partial charge in [-0.2, -0.15) is 0 Å². The molecule has 0 radical (unpaired) electrons. The quantitative estimate of drug-likeness (QED) is 0.603. The van der Waals surface area contributed by atoms with Gasteiger partial charge < -0.3 is 4.90 Å². The summed E-state index contributed by atoms with van der Waals surface area (Å²) in [6.07, 6.45) is 4.12. The highest BCUT2D eigenvalue weighted by Crippen LogP contribution is 2.28. The van der Waals surface area contributed by atoms with E-state index >= 15 is 0 Å². The molecule has 0 bridgehead atoms. The first-order valence-electron chi connectivity index (χ1n) is 8.44. The van der Waals surface area contributed by atoms with E-state index in [-0.39, 0.29) is 5.56 Å². The molecule has 4 aromatic rings. The Kier molecular flexibility index (Phi) is 3.65. The van der Waals surface area contributed by atoms with Gasteiger partial charge in [-0.05, 0) is 12.1 Å². The first-order chi connectivity index (χ1) is 12.3. The van der Waals surface area contributed by atoms with Gasteiger partial charge in [0.1, 0.15) is 18.3 Å². The van der Waals surface area contributed by atoms with E-state index in [1.165, 1.54) is 32.4 Å². The summed E-state index contributed by atoms with van der Waals surface area (Å²) in [5.41, 5.74) is 1.98. The van der Waals surface area contributed by atoms with Crippen molar-refractivity contribution in [2.45, 2.75) is 25.4 Å². The minimum Gasteiger partial charge on any atom is -0.322 e. The molecule has 2 atom stereocenters. The van der Waals surface area contributed by atoms with Gasteiger partial charge in [-0.25, -0.2) is 9.97 Å². The number of fused-ring (bicyclic) bond motifs is 2. The van der Waals surface area contributed by atoms with Gasteiger partial charge in [0.05, 0.1) is 16.8 Å². The Hall–Kier alpha value is -2.09. The highest BCUT2D eigenvalue weighted by molar-refractivity contribution is 7.18. The number of rotatable bonds is 3. The standard InChI is InChI=1S/C18H16N4OS2/c23-16-10-12(19-18-22(16)8-9-24-18)11-21-7-3-5-14(21)17-20-13-4-1-2-6-15(13)25-17/h1-2,4,6,8-10,14H,3,5,7,11H2/p+1/t14-/m1/s1. The van der Waals surface area contributed by atoms with E-state index in [9.17, 15) is 4.79 Å². The van der Waals surface area contributed by atoms with Crippen molar-refractivity contribution >= 4 is 37.9 Å². The zero-order valence-corrected chi connectivity index (χ0v) is 15.1. The van der Waals surface area contributed by atoms with E-state index in [0.29, 0.717) is 6.04 Å². The third-order valence-electron chi connectivity index (χ3n) is 4.86. The summed E-state index contributed by atoms with van der Waals surface area (Å²) in [7, 11) is 0. The van der Waals surface area contributed by atoms with Crippen LogP contribution in [0.15, 0.2) is 46.7 Å². The van der Waals surface area contributed by atoms with Crippen LogP contribution < -0.4 is 10.5 Å². The lowest BCUT2D eigenvalue weighted by Gasteiger charge is -2.19. The van der Waals surface area contributed by atoms with Crippen LogP contribution >= 0.6 is 22.7 Å². The molecule has 5 rings (SSSR count). The number of nitrogens with zero attached hydrogens (tertiary/aromatic N) is 3. The zero-order chi connectivity index (χ0) is 16.8. The molecule has 1 N–H and O–H groups in total. The number of aromatic nitrogens is 3. The smallest absolute Gasteiger partial charge is 0.258 e. The highest BCUT2D eigenvalue weighted by atomic mass is 32.1. The lowest BCUT2D eigenvalue weighted by Crippen LogP contribution is -3.09. The van der Waals surface area contributed by atoms with Crippen molar-refractivity contribution in [3.8, 4) is 0 Å². The predicted molar refractivity (Wildman–Crippen MR) is 100 cm³/mol. The minimum atomic E-state index is 0.0105. The molecular weight excluding hydrogens is 352 g/mol. The maximum atomic E-state index is 12.2. The largest absolute Gasteiger partial charge is 0.322 e. The number of para-hydroxylation sites is 1. The van der Waals surface area contributed by atoms with E-state index in [4.69, 9.17) is 4.98 Å². The van der Waals surface area contributed by atoms with Crippen molar-refractivity contribution in [2.75, 3.05) is 6.54 Å². The number of hydrogen-bond acceptors (Lipinski definition) is 5. The Morgan fingerprint density at radius 1 is 1.28 bits per heavy atom. The van der Waals surface area contributed by atoms with Gasteiger partial charge >= 0.3 is 0 Å². The molecule has 4 heterocycles. The number of likely N-dealkylation sites (tertiary alicyclic amines) is 1. The summed E-state index contributed by atoms with van der Waals surface area (Å²) >= 11 is 3.31. The monoisotopic (exact) mass is 369 g/mol. The van der Waals surface area contributed by atoms with Gasteiger partial charge in [0, 0.05) is 30.5 Å². The molecule has 0 spiro atoms. The van der Waals surface area contributed by atoms with Gasteiger partial charge in [0.2, 0.25) is 0 Å². The number of hydrogen-bond donors (Lipinski definition) is 1. The molecule has 1 aliphatic rings. The lowest BCUT2D eigenvalue weighted by atomic mass is 10.2. The lowest BCUT2D eigenvalue weighted by molar-refractivity contribution is -0.932. The number of benzene rings is 1. The maximum absolute atomic E-state index is 12.2. The van der Waals surface area contributed by atoms with Crippen molar-refractivity contribution in [2.24, 2.45) is 0 Å². The molecule has 1 fully saturated rings. The van der Waals surface area contributed by atoms with Crippen molar-refractivity contribution in [1.82, 2.24) is 14.4 Å². The van der Waals surface area contributed by atoms with Crippen LogP contribution in [-0.4, -0.2) is 20.9 Å². The summed E-state index contributed by atoms with van der Waals surface area (Å²) in [5, 5.41) is 3.11. The molecule has 1 aromatic carbocycles. The first-order valence-corrected chi connectivity index (χ1v) is 10.1. The molecule has 0 saturated carbocycles. The van der Waals surface area contributed by atoms with Gasteiger partial charge in [-0.15, -0.1) is 22.7 Å². The Labute approximate surface area is 152 Å². The molecular formula is C18H17N4OS2+. The SMILES string of the molecule is O=c1cc(C[NH+]2CCC[C@@H]2c2nc3ccccc3s2)nc2sccn12. The average molecular weight is 369 g/mol. The summed E-state index contributed by atoms with van der Waals surface area (Å²) in [6.45, 7) is 1.89. The third-order valence-corrected chi connectivity index (χ3v) is 6.76. The molecule has 0 amide bonds. The summed E-state index contributed by atoms with van der Waals surface area (Å²) in [6, 6.07) is 10.4. The number of quaternary nitrogens is 1. The number of nitrogens with one attached hydrogen (secondary N) is 1. The Morgan fingerprint density at radius 3 is 3.12 bits per heavy atom. The maximum Gasteiger partial charge on any atom is 0.258 e. The molecule has 5 nitrogen and oxygen atoms in total. The van der Waals surface area contributed by atoms with E-state index in [1.807, 2.05) is 11.4 Å². The Bertz CT molecular complexity index is 1080. The van der Waals surface area contributed by atoms with E-state index in [2.05, 4.69) is 23.2 Å². The highest BCUT2D eigenvalue weighted by Gasteiger charge is 2.33. The second-order valence-corrected chi connectivity index (χ2v) is 8.38. The van der Waals surface area contributed by atoms with Crippen LogP contribution in [0.4, 0.5) is 0 Å². The average Bonchev–Trinajstić information content (AvgIpc) is 3.33. The third kappa shape index (κ3) is 2.68. The van der Waals surface area contributed by atoms with Crippen LogP contribution in [-0.2, 0) is 6.54 Å². The van der Waals surface area contributed by atoms with Crippen LogP contribution in [0.3, 0.4) is 0 Å². The first kappa shape index (κ1) is 15.2. The van der Waals surface area contributed by atoms with Crippen molar-refractivity contribution < 1.29 is 4.90 Å². The summed E-state index contributed by atoms with van der Waals surface area (Å²) < 4.78 is 2.86. The van der Waals surface area contributed by atoms with Gasteiger partial charge in [0.15, 0.2) is 9.97 Å². The second-order valence-electron chi connectivity index (χ2n) is 6.44. The molecule has 1 saturated heterocycles. The summed E-state index contributed by atoms with van der Waals surface area (Å²) in [4.78, 5) is 24.0. The zero-order valence-electron chi connectivity index (χ0n) is 13.5. The second kappa shape index (κ2) is 6.01. The minimum absolute atomic E-state index is 0.0105. The van der Waals surface area contributed by atoms with Crippen LogP contribution in [0.5, 0.6) is 0 Å². The Balaban J connectivity index is 1.46. The molecule has 3 aromatic heterocycles. The Morgan fingerprint density at radius 2 is 2.20 bits per heavy atom. The van der Waals surface area contributed by atoms with Gasteiger partial charge in [0.25, 0.3) is 5.56 Å². The van der Waals surface area contributed by atoms with E-state index in [1.54, 1.807) is 28.0 Å². The predicted octanol–water partition coefficient (Wildman–Crippen LogP) is 2.29. The molecule has 7 heteroatoms. The topological polar surface area (TPSA) is 51.7 Å². The van der Waals surface area contributed by atoms with Crippen LogP contribution in [0.1, 0.15) is 29.6 Å². The fraction of sp³-hybridized carbons (Fsp3) is 0.278. The molecule has 1 aliphatic heterocycles. The van der Waals surface area contributed by atoms with Crippen LogP contribution in [0, 0.1) is 0 Å². The van der Waals surface area contributed by atoms with Gasteiger partial charge in [-0.3, -0.25) is 9.20 Å². The van der Waals surface area contributed by atoms with Crippen LogP contribution in [0.2, 0.25) is 0 Å². The van der Waals surface area contributed by atoms with Gasteiger partial charge in [-0.1, -0.05) is 12.1 Å². The number of thiazole rings is 2. The van der Waals surface area contributed by atoms with E-state index in [0.717, 1.165) is 35.7 Å². The van der Waals surface area contributed by atoms with Crippen molar-refractivity contribution in [3.63, 3.8) is 0 Å². The molecule has 25 heavy (non-hydrogen) atoms. The summed E-state index contributed by atoms with van der Waals surface area (Å²) in [5.74, 6) is 0. The van der Waals surface area contributed by atoms with E-state index < -0.39 is 0 Å². The molecule has 1 unspecified atom stereocenters.